The number of benzene rings is 1. The van der Waals surface area contributed by atoms with Gasteiger partial charge in [-0.2, -0.15) is 0 Å². The predicted octanol–water partition coefficient (Wildman–Crippen LogP) is 3.51. The summed E-state index contributed by atoms with van der Waals surface area (Å²) in [6, 6.07) is 6.30. The summed E-state index contributed by atoms with van der Waals surface area (Å²) in [6.07, 6.45) is 1.82. The Balaban J connectivity index is 0.00000338. The van der Waals surface area contributed by atoms with Gasteiger partial charge in [-0.1, -0.05) is 39.8 Å². The summed E-state index contributed by atoms with van der Waals surface area (Å²) < 4.78 is 13.2. The minimum absolute atomic E-state index is 0. The molecule has 0 saturated carbocycles. The summed E-state index contributed by atoms with van der Waals surface area (Å²) in [5, 5.41) is 3.15. The number of rotatable bonds is 6. The number of carbonyl (C=O) groups is 1. The van der Waals surface area contributed by atoms with Crippen molar-refractivity contribution >= 4 is 18.3 Å². The second-order valence-corrected chi connectivity index (χ2v) is 8.91. The minimum Gasteiger partial charge on any atom is -0.348 e. The average molecular weight is 386 g/mol. The van der Waals surface area contributed by atoms with E-state index in [-0.39, 0.29) is 41.0 Å². The monoisotopic (exact) mass is 385 g/mol. The molecular formula is C20H33ClFN3O. The lowest BCUT2D eigenvalue weighted by Gasteiger charge is -2.28. The summed E-state index contributed by atoms with van der Waals surface area (Å²) >= 11 is 0. The summed E-state index contributed by atoms with van der Waals surface area (Å²) in [4.78, 5) is 14.7. The van der Waals surface area contributed by atoms with Crippen molar-refractivity contribution < 1.29 is 9.18 Å². The lowest BCUT2D eigenvalue weighted by atomic mass is 9.85. The Kier molecular flexibility index (Phi) is 8.05. The van der Waals surface area contributed by atoms with E-state index >= 15 is 0 Å². The first-order valence-electron chi connectivity index (χ1n) is 9.07. The molecule has 0 aliphatic carbocycles. The first-order valence-corrected chi connectivity index (χ1v) is 9.07. The molecule has 3 N–H and O–H groups in total. The summed E-state index contributed by atoms with van der Waals surface area (Å²) in [7, 11) is 0. The van der Waals surface area contributed by atoms with Gasteiger partial charge < -0.3 is 11.1 Å². The molecule has 2 atom stereocenters. The number of hydrogen-bond acceptors (Lipinski definition) is 3. The number of nitrogens with zero attached hydrogens (tertiary/aromatic N) is 1. The number of amides is 1. The minimum atomic E-state index is -0.261. The Labute approximate surface area is 163 Å². The largest absolute Gasteiger partial charge is 0.348 e. The zero-order valence-electron chi connectivity index (χ0n) is 16.3. The second kappa shape index (κ2) is 9.16. The first-order chi connectivity index (χ1) is 11.6. The highest BCUT2D eigenvalue weighted by Crippen LogP contribution is 2.30. The molecule has 2 rings (SSSR count). The van der Waals surface area contributed by atoms with Gasteiger partial charge in [0.1, 0.15) is 5.82 Å². The molecule has 26 heavy (non-hydrogen) atoms. The van der Waals surface area contributed by atoms with Crippen molar-refractivity contribution in [2.75, 3.05) is 26.2 Å². The molecule has 6 heteroatoms. The van der Waals surface area contributed by atoms with Crippen LogP contribution in [0.4, 0.5) is 4.39 Å². The molecule has 1 amide bonds. The van der Waals surface area contributed by atoms with Crippen LogP contribution < -0.4 is 11.1 Å². The molecule has 0 radical (unpaired) electrons. The molecule has 0 spiro atoms. The number of nitrogens with two attached hydrogens (primary N) is 1. The van der Waals surface area contributed by atoms with Gasteiger partial charge in [0.25, 0.3) is 0 Å². The highest BCUT2D eigenvalue weighted by atomic mass is 35.5. The van der Waals surface area contributed by atoms with Crippen molar-refractivity contribution in [3.05, 3.63) is 35.6 Å². The van der Waals surface area contributed by atoms with Crippen LogP contribution in [0.1, 0.15) is 52.1 Å². The fourth-order valence-electron chi connectivity index (χ4n) is 3.43. The van der Waals surface area contributed by atoms with Crippen molar-refractivity contribution in [3.8, 4) is 0 Å². The van der Waals surface area contributed by atoms with Gasteiger partial charge in [0.2, 0.25) is 5.91 Å². The molecule has 0 bridgehead atoms. The van der Waals surface area contributed by atoms with Crippen molar-refractivity contribution in [3.63, 3.8) is 0 Å². The number of carbonyl (C=O) groups excluding carboxylic acids is 1. The molecule has 1 heterocycles. The van der Waals surface area contributed by atoms with E-state index in [4.69, 9.17) is 5.73 Å². The van der Waals surface area contributed by atoms with E-state index < -0.39 is 0 Å². The van der Waals surface area contributed by atoms with E-state index in [0.717, 1.165) is 31.5 Å². The smallest absolute Gasteiger partial charge is 0.234 e. The Bertz CT molecular complexity index is 588. The molecule has 1 fully saturated rings. The number of hydrogen-bond donors (Lipinski definition) is 2. The molecule has 1 aliphatic rings. The molecule has 1 aromatic carbocycles. The number of nitrogens with one attached hydrogen (secondary N) is 1. The normalized spacial score (nSPS) is 21.9. The Morgan fingerprint density at radius 1 is 1.35 bits per heavy atom. The Morgan fingerprint density at radius 2 is 1.96 bits per heavy atom. The maximum atomic E-state index is 13.2. The lowest BCUT2D eigenvalue weighted by Crippen LogP contribution is -2.40. The van der Waals surface area contributed by atoms with Crippen LogP contribution in [0.5, 0.6) is 0 Å². The van der Waals surface area contributed by atoms with Crippen LogP contribution in [0.2, 0.25) is 0 Å². The standard InChI is InChI=1S/C20H32FN3O.ClH/c1-19(2,3)11-17(15-5-7-16(21)8-6-15)23-18(25)12-24-10-9-20(4,13-22)14-24;/h5-8,17H,9-14,22H2,1-4H3,(H,23,25);1H. The molecule has 1 saturated heterocycles. The third-order valence-corrected chi connectivity index (χ3v) is 4.92. The zero-order valence-corrected chi connectivity index (χ0v) is 17.2. The van der Waals surface area contributed by atoms with E-state index in [1.165, 1.54) is 12.1 Å². The highest BCUT2D eigenvalue weighted by molar-refractivity contribution is 5.85. The number of likely N-dealkylation sites (tertiary alicyclic amines) is 1. The molecule has 2 unspecified atom stereocenters. The topological polar surface area (TPSA) is 58.4 Å². The van der Waals surface area contributed by atoms with E-state index in [2.05, 4.69) is 37.9 Å². The third kappa shape index (κ3) is 6.86. The summed E-state index contributed by atoms with van der Waals surface area (Å²) in [6.45, 7) is 11.4. The van der Waals surface area contributed by atoms with E-state index in [1.807, 2.05) is 0 Å². The first kappa shape index (κ1) is 22.9. The lowest BCUT2D eigenvalue weighted by molar-refractivity contribution is -0.123. The quantitative estimate of drug-likeness (QED) is 0.787. The van der Waals surface area contributed by atoms with Gasteiger partial charge >= 0.3 is 0 Å². The molecule has 1 aromatic rings. The van der Waals surface area contributed by atoms with Crippen LogP contribution in [0.15, 0.2) is 24.3 Å². The van der Waals surface area contributed by atoms with Crippen LogP contribution >= 0.6 is 12.4 Å². The average Bonchev–Trinajstić information content (AvgIpc) is 2.88. The SMILES string of the molecule is CC(C)(C)CC(NC(=O)CN1CCC(C)(CN)C1)c1ccc(F)cc1.Cl. The van der Waals surface area contributed by atoms with Gasteiger partial charge in [-0.25, -0.2) is 4.39 Å². The molecule has 4 nitrogen and oxygen atoms in total. The maximum Gasteiger partial charge on any atom is 0.234 e. The van der Waals surface area contributed by atoms with Gasteiger partial charge in [-0.05, 0) is 54.5 Å². The predicted molar refractivity (Wildman–Crippen MR) is 107 cm³/mol. The van der Waals surface area contributed by atoms with Gasteiger partial charge in [-0.3, -0.25) is 9.69 Å². The highest BCUT2D eigenvalue weighted by Gasteiger charge is 2.33. The van der Waals surface area contributed by atoms with Crippen LogP contribution in [0.25, 0.3) is 0 Å². The van der Waals surface area contributed by atoms with Crippen molar-refractivity contribution in [1.82, 2.24) is 10.2 Å². The van der Waals surface area contributed by atoms with Crippen LogP contribution in [-0.2, 0) is 4.79 Å². The zero-order chi connectivity index (χ0) is 18.7. The third-order valence-electron chi connectivity index (χ3n) is 4.92. The van der Waals surface area contributed by atoms with E-state index in [1.54, 1.807) is 12.1 Å². The molecule has 1 aliphatic heterocycles. The maximum absolute atomic E-state index is 13.2. The number of halogens is 2. The fourth-order valence-corrected chi connectivity index (χ4v) is 3.43. The summed E-state index contributed by atoms with van der Waals surface area (Å²) in [5.74, 6) is -0.248. The van der Waals surface area contributed by atoms with Gasteiger partial charge in [0.05, 0.1) is 12.6 Å². The summed E-state index contributed by atoms with van der Waals surface area (Å²) in [5.41, 5.74) is 6.95. The van der Waals surface area contributed by atoms with Gasteiger partial charge in [-0.15, -0.1) is 12.4 Å². The molecular weight excluding hydrogens is 353 g/mol. The van der Waals surface area contributed by atoms with Crippen LogP contribution in [0.3, 0.4) is 0 Å². The second-order valence-electron chi connectivity index (χ2n) is 8.91. The Hall–Kier alpha value is -1.17. The van der Waals surface area contributed by atoms with Crippen LogP contribution in [0, 0.1) is 16.6 Å². The van der Waals surface area contributed by atoms with Crippen molar-refractivity contribution in [2.24, 2.45) is 16.6 Å². The fraction of sp³-hybridized carbons (Fsp3) is 0.650. The van der Waals surface area contributed by atoms with Crippen LogP contribution in [-0.4, -0.2) is 37.0 Å². The molecule has 0 aromatic heterocycles. The van der Waals surface area contributed by atoms with E-state index in [9.17, 15) is 9.18 Å². The Morgan fingerprint density at radius 3 is 2.46 bits per heavy atom. The van der Waals surface area contributed by atoms with Crippen molar-refractivity contribution in [2.45, 2.75) is 46.6 Å². The van der Waals surface area contributed by atoms with Gasteiger partial charge in [0.15, 0.2) is 0 Å². The molecule has 148 valence electrons. The van der Waals surface area contributed by atoms with E-state index in [0.29, 0.717) is 13.1 Å². The van der Waals surface area contributed by atoms with Crippen molar-refractivity contribution in [1.29, 1.82) is 0 Å². The van der Waals surface area contributed by atoms with Gasteiger partial charge in [0, 0.05) is 6.54 Å².